The number of nitrogen functional groups attached to an aromatic ring is 1. The highest BCUT2D eigenvalue weighted by Crippen LogP contribution is 2.49. The standard InChI is InChI=1S/C13H15FN2S/c1-7(2)13(3)5-8(14)4-10-11(13)9(6-15)12(16)17-10/h8H,1,4-5,16H2,2-3H3. The number of nitrogens with two attached hydrogens (primary N) is 1. The summed E-state index contributed by atoms with van der Waals surface area (Å²) in [4.78, 5) is 0.906. The van der Waals surface area contributed by atoms with Crippen molar-refractivity contribution in [3.05, 3.63) is 28.2 Å². The molecule has 1 aliphatic carbocycles. The number of halogens is 1. The van der Waals surface area contributed by atoms with Gasteiger partial charge < -0.3 is 5.73 Å². The van der Waals surface area contributed by atoms with E-state index in [1.807, 2.05) is 13.8 Å². The molecule has 4 heteroatoms. The summed E-state index contributed by atoms with van der Waals surface area (Å²) in [7, 11) is 0. The van der Waals surface area contributed by atoms with E-state index in [-0.39, 0.29) is 0 Å². The van der Waals surface area contributed by atoms with Gasteiger partial charge in [-0.2, -0.15) is 5.26 Å². The Balaban J connectivity index is 2.71. The Hall–Kier alpha value is -1.34. The Morgan fingerprint density at radius 1 is 1.71 bits per heavy atom. The second-order valence-corrected chi connectivity index (χ2v) is 6.01. The van der Waals surface area contributed by atoms with E-state index in [1.54, 1.807) is 0 Å². The molecule has 0 aliphatic heterocycles. The summed E-state index contributed by atoms with van der Waals surface area (Å²) >= 11 is 1.34. The lowest BCUT2D eigenvalue weighted by Crippen LogP contribution is -2.33. The van der Waals surface area contributed by atoms with Gasteiger partial charge in [0.1, 0.15) is 17.2 Å². The monoisotopic (exact) mass is 250 g/mol. The van der Waals surface area contributed by atoms with E-state index in [2.05, 4.69) is 12.6 Å². The maximum atomic E-state index is 13.8. The van der Waals surface area contributed by atoms with Gasteiger partial charge in [-0.15, -0.1) is 11.3 Å². The Morgan fingerprint density at radius 2 is 2.35 bits per heavy atom. The molecule has 2 rings (SSSR count). The lowest BCUT2D eigenvalue weighted by Gasteiger charge is -2.36. The first kappa shape index (κ1) is 12.1. The van der Waals surface area contributed by atoms with Gasteiger partial charge in [-0.05, 0) is 18.9 Å². The number of hydrogen-bond acceptors (Lipinski definition) is 3. The van der Waals surface area contributed by atoms with E-state index < -0.39 is 11.6 Å². The van der Waals surface area contributed by atoms with Crippen molar-refractivity contribution in [2.24, 2.45) is 0 Å². The molecule has 2 unspecified atom stereocenters. The second kappa shape index (κ2) is 3.85. The van der Waals surface area contributed by atoms with Crippen LogP contribution >= 0.6 is 11.3 Å². The van der Waals surface area contributed by atoms with E-state index >= 15 is 0 Å². The van der Waals surface area contributed by atoms with Gasteiger partial charge in [0.25, 0.3) is 0 Å². The third-order valence-electron chi connectivity index (χ3n) is 3.65. The van der Waals surface area contributed by atoms with Crippen molar-refractivity contribution in [3.8, 4) is 6.07 Å². The van der Waals surface area contributed by atoms with E-state index in [1.165, 1.54) is 11.3 Å². The largest absolute Gasteiger partial charge is 0.389 e. The molecular weight excluding hydrogens is 235 g/mol. The maximum Gasteiger partial charge on any atom is 0.106 e. The molecule has 1 aliphatic rings. The molecule has 17 heavy (non-hydrogen) atoms. The van der Waals surface area contributed by atoms with E-state index in [4.69, 9.17) is 5.73 Å². The van der Waals surface area contributed by atoms with Crippen molar-refractivity contribution in [1.82, 2.24) is 0 Å². The van der Waals surface area contributed by atoms with Crippen LogP contribution in [-0.4, -0.2) is 6.17 Å². The van der Waals surface area contributed by atoms with Gasteiger partial charge >= 0.3 is 0 Å². The van der Waals surface area contributed by atoms with Crippen LogP contribution in [0.15, 0.2) is 12.2 Å². The van der Waals surface area contributed by atoms with Crippen molar-refractivity contribution < 1.29 is 4.39 Å². The first-order chi connectivity index (χ1) is 7.90. The molecule has 2 atom stereocenters. The summed E-state index contributed by atoms with van der Waals surface area (Å²) in [6.45, 7) is 7.79. The number of nitrogens with zero attached hydrogens (tertiary/aromatic N) is 1. The Morgan fingerprint density at radius 3 is 2.88 bits per heavy atom. The smallest absolute Gasteiger partial charge is 0.106 e. The second-order valence-electron chi connectivity index (χ2n) is 4.87. The molecule has 1 aromatic rings. The quantitative estimate of drug-likeness (QED) is 0.777. The molecule has 0 fully saturated rings. The molecule has 90 valence electrons. The molecule has 2 nitrogen and oxygen atoms in total. The van der Waals surface area contributed by atoms with Gasteiger partial charge in [0.2, 0.25) is 0 Å². The molecule has 2 N–H and O–H groups in total. The van der Waals surface area contributed by atoms with E-state index in [9.17, 15) is 9.65 Å². The molecule has 0 bridgehead atoms. The summed E-state index contributed by atoms with van der Waals surface area (Å²) in [5.74, 6) is 0. The zero-order valence-corrected chi connectivity index (χ0v) is 10.8. The summed E-state index contributed by atoms with van der Waals surface area (Å²) in [6, 6.07) is 2.15. The fraction of sp³-hybridized carbons (Fsp3) is 0.462. The molecular formula is C13H15FN2S. The first-order valence-electron chi connectivity index (χ1n) is 5.52. The Kier molecular flexibility index (Phi) is 2.75. The van der Waals surface area contributed by atoms with Gasteiger partial charge in [-0.1, -0.05) is 19.1 Å². The number of nitriles is 1. The minimum Gasteiger partial charge on any atom is -0.389 e. The molecule has 0 spiro atoms. The van der Waals surface area contributed by atoms with Gasteiger partial charge in [0.05, 0.1) is 5.56 Å². The number of thiophene rings is 1. The van der Waals surface area contributed by atoms with Crippen molar-refractivity contribution in [2.45, 2.75) is 38.3 Å². The fourth-order valence-electron chi connectivity index (χ4n) is 2.54. The SMILES string of the molecule is C=C(C)C1(C)CC(F)Cc2sc(N)c(C#N)c21. The maximum absolute atomic E-state index is 13.8. The normalized spacial score (nSPS) is 27.3. The number of anilines is 1. The first-order valence-corrected chi connectivity index (χ1v) is 6.33. The molecule has 0 saturated carbocycles. The lowest BCUT2D eigenvalue weighted by atomic mass is 9.68. The predicted octanol–water partition coefficient (Wildman–Crippen LogP) is 3.32. The highest BCUT2D eigenvalue weighted by Gasteiger charge is 2.41. The molecule has 1 heterocycles. The van der Waals surface area contributed by atoms with E-state index in [0.717, 1.165) is 16.0 Å². The lowest BCUT2D eigenvalue weighted by molar-refractivity contribution is 0.251. The number of hydrogen-bond donors (Lipinski definition) is 1. The molecule has 0 radical (unpaired) electrons. The number of fused-ring (bicyclic) bond motifs is 1. The van der Waals surface area contributed by atoms with Crippen molar-refractivity contribution in [1.29, 1.82) is 5.26 Å². The van der Waals surface area contributed by atoms with E-state index in [0.29, 0.717) is 23.4 Å². The highest BCUT2D eigenvalue weighted by molar-refractivity contribution is 7.16. The summed E-state index contributed by atoms with van der Waals surface area (Å²) in [5.41, 5.74) is 7.68. The van der Waals surface area contributed by atoms with Crippen LogP contribution in [0.1, 0.15) is 36.3 Å². The average Bonchev–Trinajstić information content (AvgIpc) is 2.53. The van der Waals surface area contributed by atoms with Crippen molar-refractivity contribution in [2.75, 3.05) is 5.73 Å². The van der Waals surface area contributed by atoms with Crippen LogP contribution in [0.25, 0.3) is 0 Å². The molecule has 0 saturated heterocycles. The summed E-state index contributed by atoms with van der Waals surface area (Å²) in [5, 5.41) is 9.70. The van der Waals surface area contributed by atoms with Crippen LogP contribution in [0.2, 0.25) is 0 Å². The molecule has 0 aromatic carbocycles. The zero-order valence-electron chi connectivity index (χ0n) is 10.0. The Labute approximate surface area is 105 Å². The van der Waals surface area contributed by atoms with Gasteiger partial charge in [-0.3, -0.25) is 0 Å². The minimum absolute atomic E-state index is 0.370. The third-order valence-corrected chi connectivity index (χ3v) is 4.69. The Bertz CT molecular complexity index is 526. The third kappa shape index (κ3) is 1.66. The van der Waals surface area contributed by atoms with Crippen LogP contribution in [0, 0.1) is 11.3 Å². The van der Waals surface area contributed by atoms with Crippen LogP contribution in [0.5, 0.6) is 0 Å². The minimum atomic E-state index is -0.881. The predicted molar refractivity (Wildman–Crippen MR) is 68.8 cm³/mol. The number of alkyl halides is 1. The van der Waals surface area contributed by atoms with Crippen LogP contribution in [0.4, 0.5) is 9.39 Å². The topological polar surface area (TPSA) is 49.8 Å². The van der Waals surface area contributed by atoms with Crippen molar-refractivity contribution in [3.63, 3.8) is 0 Å². The van der Waals surface area contributed by atoms with Crippen molar-refractivity contribution >= 4 is 16.3 Å². The highest BCUT2D eigenvalue weighted by atomic mass is 32.1. The summed E-state index contributed by atoms with van der Waals surface area (Å²) < 4.78 is 13.8. The van der Waals surface area contributed by atoms with Crippen LogP contribution < -0.4 is 5.73 Å². The van der Waals surface area contributed by atoms with Gasteiger partial charge in [0, 0.05) is 16.7 Å². The van der Waals surface area contributed by atoms with Gasteiger partial charge in [0.15, 0.2) is 0 Å². The summed E-state index contributed by atoms with van der Waals surface area (Å²) in [6.07, 6.45) is -0.122. The fourth-order valence-corrected chi connectivity index (χ4v) is 3.75. The molecule has 1 aromatic heterocycles. The van der Waals surface area contributed by atoms with Crippen LogP contribution in [0.3, 0.4) is 0 Å². The van der Waals surface area contributed by atoms with Crippen LogP contribution in [-0.2, 0) is 11.8 Å². The number of allylic oxidation sites excluding steroid dienone is 1. The average molecular weight is 250 g/mol. The zero-order chi connectivity index (χ0) is 12.8. The molecule has 0 amide bonds. The number of rotatable bonds is 1. The van der Waals surface area contributed by atoms with Gasteiger partial charge in [-0.25, -0.2) is 4.39 Å².